The molecule has 0 aromatic carbocycles. The predicted octanol–water partition coefficient (Wildman–Crippen LogP) is 2.29. The third-order valence-corrected chi connectivity index (χ3v) is 4.08. The maximum absolute atomic E-state index is 12.3. The van der Waals surface area contributed by atoms with Gasteiger partial charge in [-0.15, -0.1) is 0 Å². The smallest absolute Gasteiger partial charge is 0.260 e. The van der Waals surface area contributed by atoms with Crippen molar-refractivity contribution in [2.75, 3.05) is 18.6 Å². The molecule has 1 atom stereocenters. The molecule has 19 heavy (non-hydrogen) atoms. The van der Waals surface area contributed by atoms with Crippen molar-refractivity contribution in [3.63, 3.8) is 0 Å². The van der Waals surface area contributed by atoms with Gasteiger partial charge >= 0.3 is 0 Å². The highest BCUT2D eigenvalue weighted by atomic mass is 32.2. The number of pyridine rings is 1. The van der Waals surface area contributed by atoms with E-state index in [1.165, 1.54) is 0 Å². The van der Waals surface area contributed by atoms with Crippen LogP contribution in [-0.2, 0) is 0 Å². The molecule has 0 saturated carbocycles. The number of carbonyl (C=O) groups is 1. The standard InChI is InChI=1S/C14H22N2O2S/c1-5-19-9-8-11(3)16(4)14(18)12-7-6-10(2)15-13(12)17/h6-7,11H,5,8-9H2,1-4H3,(H,15,17). The van der Waals surface area contributed by atoms with Gasteiger partial charge in [-0.3, -0.25) is 9.59 Å². The molecule has 0 bridgehead atoms. The molecule has 1 N–H and O–H groups in total. The molecule has 0 spiro atoms. The van der Waals surface area contributed by atoms with E-state index >= 15 is 0 Å². The molecule has 0 aliphatic heterocycles. The molecule has 0 radical (unpaired) electrons. The summed E-state index contributed by atoms with van der Waals surface area (Å²) in [4.78, 5) is 28.3. The molecule has 0 aliphatic rings. The minimum Gasteiger partial charge on any atom is -0.339 e. The number of amides is 1. The van der Waals surface area contributed by atoms with Crippen molar-refractivity contribution < 1.29 is 4.79 Å². The van der Waals surface area contributed by atoms with Crippen molar-refractivity contribution in [1.82, 2.24) is 9.88 Å². The van der Waals surface area contributed by atoms with E-state index in [0.717, 1.165) is 23.6 Å². The number of aromatic amines is 1. The van der Waals surface area contributed by atoms with Crippen molar-refractivity contribution in [2.45, 2.75) is 33.2 Å². The zero-order chi connectivity index (χ0) is 14.4. The van der Waals surface area contributed by atoms with Gasteiger partial charge in [0.2, 0.25) is 0 Å². The third-order valence-electron chi connectivity index (χ3n) is 3.15. The van der Waals surface area contributed by atoms with Gasteiger partial charge in [0, 0.05) is 18.8 Å². The van der Waals surface area contributed by atoms with Gasteiger partial charge < -0.3 is 9.88 Å². The minimum absolute atomic E-state index is 0.132. The third kappa shape index (κ3) is 4.42. The molecule has 1 aromatic rings. The van der Waals surface area contributed by atoms with Gasteiger partial charge in [-0.1, -0.05) is 6.92 Å². The molecular weight excluding hydrogens is 260 g/mol. The van der Waals surface area contributed by atoms with Crippen molar-refractivity contribution in [2.24, 2.45) is 0 Å². The molecule has 1 rings (SSSR count). The number of hydrogen-bond donors (Lipinski definition) is 1. The molecule has 5 heteroatoms. The molecule has 106 valence electrons. The Morgan fingerprint density at radius 1 is 1.47 bits per heavy atom. The number of hydrogen-bond acceptors (Lipinski definition) is 3. The highest BCUT2D eigenvalue weighted by Gasteiger charge is 2.19. The summed E-state index contributed by atoms with van der Waals surface area (Å²) < 4.78 is 0. The Bertz CT molecular complexity index is 485. The zero-order valence-corrected chi connectivity index (χ0v) is 12.8. The lowest BCUT2D eigenvalue weighted by atomic mass is 10.2. The molecular formula is C14H22N2O2S. The highest BCUT2D eigenvalue weighted by Crippen LogP contribution is 2.10. The second kappa shape index (κ2) is 7.38. The molecule has 0 aliphatic carbocycles. The van der Waals surface area contributed by atoms with E-state index in [2.05, 4.69) is 11.9 Å². The largest absolute Gasteiger partial charge is 0.339 e. The number of nitrogens with one attached hydrogen (secondary N) is 1. The monoisotopic (exact) mass is 282 g/mol. The van der Waals surface area contributed by atoms with Crippen molar-refractivity contribution in [1.29, 1.82) is 0 Å². The Kier molecular flexibility index (Phi) is 6.15. The summed E-state index contributed by atoms with van der Waals surface area (Å²) in [6.45, 7) is 5.93. The van der Waals surface area contributed by atoms with Gasteiger partial charge in [0.05, 0.1) is 0 Å². The van der Waals surface area contributed by atoms with E-state index in [9.17, 15) is 9.59 Å². The second-order valence-corrected chi connectivity index (χ2v) is 6.03. The van der Waals surface area contributed by atoms with E-state index in [-0.39, 0.29) is 23.1 Å². The summed E-state index contributed by atoms with van der Waals surface area (Å²) in [5.41, 5.74) is 0.659. The van der Waals surface area contributed by atoms with Crippen LogP contribution in [-0.4, -0.2) is 40.4 Å². The van der Waals surface area contributed by atoms with E-state index in [4.69, 9.17) is 0 Å². The minimum atomic E-state index is -0.313. The molecule has 1 aromatic heterocycles. The fraction of sp³-hybridized carbons (Fsp3) is 0.571. The van der Waals surface area contributed by atoms with Gasteiger partial charge in [-0.05, 0) is 43.9 Å². The van der Waals surface area contributed by atoms with Gasteiger partial charge in [0.25, 0.3) is 11.5 Å². The van der Waals surface area contributed by atoms with E-state index in [0.29, 0.717) is 0 Å². The Balaban J connectivity index is 2.73. The summed E-state index contributed by atoms with van der Waals surface area (Å²) in [6, 6.07) is 3.48. The topological polar surface area (TPSA) is 53.2 Å². The van der Waals surface area contributed by atoms with Gasteiger partial charge in [-0.2, -0.15) is 11.8 Å². The number of rotatable bonds is 6. The lowest BCUT2D eigenvalue weighted by molar-refractivity contribution is 0.0739. The van der Waals surface area contributed by atoms with E-state index in [1.54, 1.807) is 31.0 Å². The number of carbonyl (C=O) groups excluding carboxylic acids is 1. The average Bonchev–Trinajstić information content (AvgIpc) is 2.37. The van der Waals surface area contributed by atoms with Crippen molar-refractivity contribution >= 4 is 17.7 Å². The summed E-state index contributed by atoms with van der Waals surface area (Å²) in [5, 5.41) is 0. The Morgan fingerprint density at radius 2 is 2.16 bits per heavy atom. The Morgan fingerprint density at radius 3 is 2.74 bits per heavy atom. The lowest BCUT2D eigenvalue weighted by Gasteiger charge is -2.24. The van der Waals surface area contributed by atoms with Gasteiger partial charge in [0.15, 0.2) is 0 Å². The molecule has 1 amide bonds. The fourth-order valence-corrected chi connectivity index (χ4v) is 2.52. The van der Waals surface area contributed by atoms with Crippen LogP contribution in [0, 0.1) is 6.92 Å². The first-order chi connectivity index (χ1) is 8.97. The first kappa shape index (κ1) is 15.8. The Hall–Kier alpha value is -1.23. The quantitative estimate of drug-likeness (QED) is 0.814. The Labute approximate surface area is 118 Å². The first-order valence-corrected chi connectivity index (χ1v) is 7.67. The molecule has 1 unspecified atom stereocenters. The second-order valence-electron chi connectivity index (χ2n) is 4.63. The average molecular weight is 282 g/mol. The summed E-state index contributed by atoms with van der Waals surface area (Å²) in [6.07, 6.45) is 0.935. The van der Waals surface area contributed by atoms with E-state index in [1.807, 2.05) is 18.7 Å². The normalized spacial score (nSPS) is 12.2. The number of aromatic nitrogens is 1. The van der Waals surface area contributed by atoms with Crippen LogP contribution in [0.25, 0.3) is 0 Å². The highest BCUT2D eigenvalue weighted by molar-refractivity contribution is 7.99. The number of nitrogens with zero attached hydrogens (tertiary/aromatic N) is 1. The van der Waals surface area contributed by atoms with Gasteiger partial charge in [-0.25, -0.2) is 0 Å². The summed E-state index contributed by atoms with van der Waals surface area (Å²) >= 11 is 1.86. The van der Waals surface area contributed by atoms with Crippen LogP contribution >= 0.6 is 11.8 Å². The summed E-state index contributed by atoms with van der Waals surface area (Å²) in [7, 11) is 1.75. The maximum Gasteiger partial charge on any atom is 0.260 e. The SMILES string of the molecule is CCSCCC(C)N(C)C(=O)c1ccc(C)[nH]c1=O. The zero-order valence-electron chi connectivity index (χ0n) is 12.0. The number of H-pyrrole nitrogens is 1. The van der Waals surface area contributed by atoms with Crippen LogP contribution in [0.5, 0.6) is 0 Å². The summed E-state index contributed by atoms with van der Waals surface area (Å²) in [5.74, 6) is 1.90. The number of aryl methyl sites for hydroxylation is 1. The van der Waals surface area contributed by atoms with Crippen LogP contribution in [0.1, 0.15) is 36.3 Å². The van der Waals surface area contributed by atoms with Crippen LogP contribution in [0.3, 0.4) is 0 Å². The van der Waals surface area contributed by atoms with E-state index < -0.39 is 0 Å². The van der Waals surface area contributed by atoms with Crippen molar-refractivity contribution in [3.8, 4) is 0 Å². The van der Waals surface area contributed by atoms with Crippen molar-refractivity contribution in [3.05, 3.63) is 33.7 Å². The number of thioether (sulfide) groups is 1. The first-order valence-electron chi connectivity index (χ1n) is 6.52. The molecule has 1 heterocycles. The maximum atomic E-state index is 12.3. The molecule has 0 saturated heterocycles. The predicted molar refractivity (Wildman–Crippen MR) is 81.0 cm³/mol. The molecule has 0 fully saturated rings. The van der Waals surface area contributed by atoms with Gasteiger partial charge in [0.1, 0.15) is 5.56 Å². The fourth-order valence-electron chi connectivity index (χ4n) is 1.72. The van der Waals surface area contributed by atoms with Crippen LogP contribution in [0.4, 0.5) is 0 Å². The van der Waals surface area contributed by atoms with Crippen LogP contribution in [0.15, 0.2) is 16.9 Å². The molecule has 4 nitrogen and oxygen atoms in total. The lowest BCUT2D eigenvalue weighted by Crippen LogP contribution is -2.38. The van der Waals surface area contributed by atoms with Crippen LogP contribution < -0.4 is 5.56 Å². The van der Waals surface area contributed by atoms with Crippen LogP contribution in [0.2, 0.25) is 0 Å².